The van der Waals surface area contributed by atoms with Gasteiger partial charge in [-0.05, 0) is 49.6 Å². The third kappa shape index (κ3) is 5.16. The van der Waals surface area contributed by atoms with E-state index in [0.717, 1.165) is 10.9 Å². The molecule has 0 heterocycles. The summed E-state index contributed by atoms with van der Waals surface area (Å²) < 4.78 is 0. The van der Waals surface area contributed by atoms with E-state index in [2.05, 4.69) is 45.3 Å². The summed E-state index contributed by atoms with van der Waals surface area (Å²) in [7, 11) is 2.05. The first-order valence-corrected chi connectivity index (χ1v) is 7.93. The van der Waals surface area contributed by atoms with Crippen LogP contribution in [0.3, 0.4) is 0 Å². The van der Waals surface area contributed by atoms with E-state index in [1.807, 2.05) is 6.07 Å². The molecule has 0 aliphatic heterocycles. The van der Waals surface area contributed by atoms with Crippen molar-refractivity contribution in [3.63, 3.8) is 0 Å². The molecule has 108 valence electrons. The molecule has 0 aliphatic carbocycles. The van der Waals surface area contributed by atoms with Crippen LogP contribution in [-0.4, -0.2) is 7.05 Å². The molecule has 0 amide bonds. The van der Waals surface area contributed by atoms with Gasteiger partial charge in [0, 0.05) is 11.1 Å². The summed E-state index contributed by atoms with van der Waals surface area (Å²) in [6.45, 7) is 6.74. The highest BCUT2D eigenvalue weighted by molar-refractivity contribution is 6.30. The summed E-state index contributed by atoms with van der Waals surface area (Å²) in [5.74, 6) is 0.802. The van der Waals surface area contributed by atoms with Crippen molar-refractivity contribution in [2.45, 2.75) is 58.9 Å². The van der Waals surface area contributed by atoms with Gasteiger partial charge in [0.25, 0.3) is 0 Å². The molecule has 0 spiro atoms. The quantitative estimate of drug-likeness (QED) is 0.662. The molecule has 0 saturated carbocycles. The predicted molar refractivity (Wildman–Crippen MR) is 85.9 cm³/mol. The van der Waals surface area contributed by atoms with Gasteiger partial charge in [-0.1, -0.05) is 57.2 Å². The average molecular weight is 282 g/mol. The second-order valence-corrected chi connectivity index (χ2v) is 5.93. The molecule has 0 saturated heterocycles. The monoisotopic (exact) mass is 281 g/mol. The molecule has 2 unspecified atom stereocenters. The predicted octanol–water partition coefficient (Wildman–Crippen LogP) is 5.52. The van der Waals surface area contributed by atoms with E-state index in [4.69, 9.17) is 11.6 Å². The summed E-state index contributed by atoms with van der Waals surface area (Å²) in [5.41, 5.74) is 2.68. The summed E-state index contributed by atoms with van der Waals surface area (Å²) in [6, 6.07) is 6.63. The minimum absolute atomic E-state index is 0.417. The Labute approximate surface area is 123 Å². The fourth-order valence-corrected chi connectivity index (χ4v) is 2.88. The van der Waals surface area contributed by atoms with Gasteiger partial charge in [0.05, 0.1) is 0 Å². The van der Waals surface area contributed by atoms with Crippen LogP contribution in [0.15, 0.2) is 18.2 Å². The van der Waals surface area contributed by atoms with Crippen molar-refractivity contribution in [3.05, 3.63) is 34.3 Å². The molecule has 0 aliphatic rings. The van der Waals surface area contributed by atoms with Gasteiger partial charge in [0.2, 0.25) is 0 Å². The van der Waals surface area contributed by atoms with Crippen LogP contribution in [0.2, 0.25) is 5.02 Å². The lowest BCUT2D eigenvalue weighted by molar-refractivity contribution is 0.364. The van der Waals surface area contributed by atoms with E-state index in [-0.39, 0.29) is 0 Å². The minimum atomic E-state index is 0.417. The second kappa shape index (κ2) is 8.60. The Kier molecular flexibility index (Phi) is 7.48. The molecule has 0 aromatic heterocycles. The van der Waals surface area contributed by atoms with Gasteiger partial charge in [0.1, 0.15) is 0 Å². The largest absolute Gasteiger partial charge is 0.313 e. The maximum atomic E-state index is 6.14. The Morgan fingerprint density at radius 2 is 2.00 bits per heavy atom. The molecule has 2 atom stereocenters. The zero-order valence-electron chi connectivity index (χ0n) is 12.8. The topological polar surface area (TPSA) is 12.0 Å². The lowest BCUT2D eigenvalue weighted by Crippen LogP contribution is -2.20. The van der Waals surface area contributed by atoms with Crippen molar-refractivity contribution in [2.24, 2.45) is 5.92 Å². The molecule has 0 fully saturated rings. The molecule has 19 heavy (non-hydrogen) atoms. The van der Waals surface area contributed by atoms with Crippen LogP contribution in [0.5, 0.6) is 0 Å². The van der Waals surface area contributed by atoms with Gasteiger partial charge in [-0.25, -0.2) is 0 Å². The van der Waals surface area contributed by atoms with Crippen LogP contribution in [-0.2, 0) is 0 Å². The van der Waals surface area contributed by atoms with Crippen LogP contribution in [0.1, 0.15) is 63.1 Å². The molecule has 1 N–H and O–H groups in total. The second-order valence-electron chi connectivity index (χ2n) is 5.49. The van der Waals surface area contributed by atoms with E-state index in [9.17, 15) is 0 Å². The summed E-state index contributed by atoms with van der Waals surface area (Å²) >= 11 is 6.14. The third-order valence-corrected chi connectivity index (χ3v) is 4.31. The minimum Gasteiger partial charge on any atom is -0.313 e. The highest BCUT2D eigenvalue weighted by Gasteiger charge is 2.17. The number of halogens is 1. The van der Waals surface area contributed by atoms with Crippen molar-refractivity contribution < 1.29 is 0 Å². The van der Waals surface area contributed by atoms with Crippen LogP contribution in [0.25, 0.3) is 0 Å². The number of rotatable bonds is 8. The van der Waals surface area contributed by atoms with E-state index in [1.54, 1.807) is 0 Å². The fourth-order valence-electron chi connectivity index (χ4n) is 2.70. The molecule has 1 aromatic rings. The van der Waals surface area contributed by atoms with Gasteiger partial charge < -0.3 is 5.32 Å². The zero-order valence-corrected chi connectivity index (χ0v) is 13.6. The fraction of sp³-hybridized carbons (Fsp3) is 0.647. The summed E-state index contributed by atoms with van der Waals surface area (Å²) in [4.78, 5) is 0. The molecule has 1 aromatic carbocycles. The van der Waals surface area contributed by atoms with Crippen molar-refractivity contribution in [1.82, 2.24) is 5.32 Å². The van der Waals surface area contributed by atoms with Crippen LogP contribution >= 0.6 is 11.6 Å². The maximum Gasteiger partial charge on any atom is 0.0409 e. The van der Waals surface area contributed by atoms with E-state index in [0.29, 0.717) is 6.04 Å². The first kappa shape index (κ1) is 16.5. The van der Waals surface area contributed by atoms with Crippen molar-refractivity contribution in [3.8, 4) is 0 Å². The molecule has 1 nitrogen and oxygen atoms in total. The smallest absolute Gasteiger partial charge is 0.0409 e. The standard InChI is InChI=1S/C17H28ClN/c1-5-7-8-14(6-2)11-17(19-4)16-12-15(18)10-9-13(16)3/h9-10,12,14,17,19H,5-8,11H2,1-4H3. The van der Waals surface area contributed by atoms with Crippen LogP contribution in [0, 0.1) is 12.8 Å². The third-order valence-electron chi connectivity index (χ3n) is 4.08. The summed E-state index contributed by atoms with van der Waals surface area (Å²) in [5, 5.41) is 4.30. The van der Waals surface area contributed by atoms with Crippen molar-refractivity contribution in [1.29, 1.82) is 0 Å². The Bertz CT molecular complexity index is 376. The zero-order chi connectivity index (χ0) is 14.3. The number of hydrogen-bond donors (Lipinski definition) is 1. The normalized spacial score (nSPS) is 14.4. The Morgan fingerprint density at radius 3 is 2.58 bits per heavy atom. The Hall–Kier alpha value is -0.530. The first-order chi connectivity index (χ1) is 9.12. The van der Waals surface area contributed by atoms with Crippen molar-refractivity contribution >= 4 is 11.6 Å². The van der Waals surface area contributed by atoms with E-state index < -0.39 is 0 Å². The van der Waals surface area contributed by atoms with E-state index in [1.165, 1.54) is 43.2 Å². The Morgan fingerprint density at radius 1 is 1.26 bits per heavy atom. The maximum absolute atomic E-state index is 6.14. The van der Waals surface area contributed by atoms with Gasteiger partial charge in [0.15, 0.2) is 0 Å². The lowest BCUT2D eigenvalue weighted by Gasteiger charge is -2.24. The number of benzene rings is 1. The first-order valence-electron chi connectivity index (χ1n) is 7.55. The number of unbranched alkanes of at least 4 members (excludes halogenated alkanes) is 1. The van der Waals surface area contributed by atoms with Gasteiger partial charge in [-0.15, -0.1) is 0 Å². The van der Waals surface area contributed by atoms with Gasteiger partial charge >= 0.3 is 0 Å². The molecule has 2 heteroatoms. The van der Waals surface area contributed by atoms with Crippen molar-refractivity contribution in [2.75, 3.05) is 7.05 Å². The number of aryl methyl sites for hydroxylation is 1. The average Bonchev–Trinajstić information content (AvgIpc) is 2.42. The van der Waals surface area contributed by atoms with Gasteiger partial charge in [-0.2, -0.15) is 0 Å². The molecule has 1 rings (SSSR count). The Balaban J connectivity index is 2.78. The summed E-state index contributed by atoms with van der Waals surface area (Å²) in [6.07, 6.45) is 6.43. The van der Waals surface area contributed by atoms with Crippen LogP contribution < -0.4 is 5.32 Å². The van der Waals surface area contributed by atoms with Crippen LogP contribution in [0.4, 0.5) is 0 Å². The molecular formula is C17H28ClN. The molecular weight excluding hydrogens is 254 g/mol. The van der Waals surface area contributed by atoms with E-state index >= 15 is 0 Å². The highest BCUT2D eigenvalue weighted by Crippen LogP contribution is 2.29. The SMILES string of the molecule is CCCCC(CC)CC(NC)c1cc(Cl)ccc1C. The highest BCUT2D eigenvalue weighted by atomic mass is 35.5. The number of nitrogens with one attached hydrogen (secondary N) is 1. The number of hydrogen-bond acceptors (Lipinski definition) is 1. The molecule has 0 bridgehead atoms. The van der Waals surface area contributed by atoms with Gasteiger partial charge in [-0.3, -0.25) is 0 Å². The molecule has 0 radical (unpaired) electrons. The lowest BCUT2D eigenvalue weighted by atomic mass is 9.88.